The van der Waals surface area contributed by atoms with Crippen molar-refractivity contribution < 1.29 is 5.11 Å². The van der Waals surface area contributed by atoms with E-state index in [2.05, 4.69) is 38.1 Å². The minimum atomic E-state index is 0.302. The summed E-state index contributed by atoms with van der Waals surface area (Å²) in [6, 6.07) is 10.4. The van der Waals surface area contributed by atoms with E-state index in [1.165, 1.54) is 18.4 Å². The summed E-state index contributed by atoms with van der Waals surface area (Å²) < 4.78 is 0. The second-order valence-corrected chi connectivity index (χ2v) is 4.40. The first-order valence-electron chi connectivity index (χ1n) is 5.92. The van der Waals surface area contributed by atoms with E-state index in [1.807, 2.05) is 6.07 Å². The van der Waals surface area contributed by atoms with E-state index in [4.69, 9.17) is 0 Å². The molecule has 1 N–H and O–H groups in total. The highest BCUT2D eigenvalue weighted by Crippen LogP contribution is 2.21. The van der Waals surface area contributed by atoms with Crippen LogP contribution in [0.2, 0.25) is 0 Å². The standard InChI is InChI=1S/C14H22O/c1-3-7-12(2)14(11-15)10-13-8-5-4-6-9-13/h4-6,8-9,12,14-15H,3,7,10-11H2,1-2H3. The Morgan fingerprint density at radius 2 is 1.87 bits per heavy atom. The Kier molecular flexibility index (Phi) is 5.41. The van der Waals surface area contributed by atoms with Gasteiger partial charge in [0.2, 0.25) is 0 Å². The average molecular weight is 206 g/mol. The molecule has 0 spiro atoms. The van der Waals surface area contributed by atoms with Gasteiger partial charge in [-0.2, -0.15) is 0 Å². The van der Waals surface area contributed by atoms with Crippen molar-refractivity contribution >= 4 is 0 Å². The van der Waals surface area contributed by atoms with Crippen molar-refractivity contribution in [3.05, 3.63) is 35.9 Å². The first kappa shape index (κ1) is 12.3. The van der Waals surface area contributed by atoms with Crippen LogP contribution in [0.1, 0.15) is 32.3 Å². The highest BCUT2D eigenvalue weighted by atomic mass is 16.3. The Hall–Kier alpha value is -0.820. The molecule has 1 rings (SSSR count). The summed E-state index contributed by atoms with van der Waals surface area (Å²) in [4.78, 5) is 0. The quantitative estimate of drug-likeness (QED) is 0.757. The first-order valence-corrected chi connectivity index (χ1v) is 5.92. The lowest BCUT2D eigenvalue weighted by Crippen LogP contribution is -2.18. The molecule has 1 aromatic rings. The van der Waals surface area contributed by atoms with Gasteiger partial charge in [0.1, 0.15) is 0 Å². The Labute approximate surface area is 93.1 Å². The molecule has 84 valence electrons. The third-order valence-corrected chi connectivity index (χ3v) is 3.12. The molecule has 0 aliphatic rings. The summed E-state index contributed by atoms with van der Waals surface area (Å²) in [5.74, 6) is 1.02. The van der Waals surface area contributed by atoms with E-state index in [9.17, 15) is 5.11 Å². The van der Waals surface area contributed by atoms with Crippen molar-refractivity contribution in [2.75, 3.05) is 6.61 Å². The van der Waals surface area contributed by atoms with Crippen LogP contribution in [0.15, 0.2) is 30.3 Å². The fraction of sp³-hybridized carbons (Fsp3) is 0.571. The maximum atomic E-state index is 9.38. The number of benzene rings is 1. The number of aliphatic hydroxyl groups is 1. The van der Waals surface area contributed by atoms with Gasteiger partial charge in [-0.3, -0.25) is 0 Å². The van der Waals surface area contributed by atoms with Crippen molar-refractivity contribution in [2.24, 2.45) is 11.8 Å². The maximum absolute atomic E-state index is 9.38. The van der Waals surface area contributed by atoms with Gasteiger partial charge in [-0.1, -0.05) is 57.0 Å². The van der Waals surface area contributed by atoms with Crippen LogP contribution in [0, 0.1) is 11.8 Å². The zero-order valence-electron chi connectivity index (χ0n) is 9.82. The molecule has 0 amide bonds. The second kappa shape index (κ2) is 6.62. The molecule has 2 unspecified atom stereocenters. The smallest absolute Gasteiger partial charge is 0.0464 e. The number of rotatable bonds is 6. The molecule has 2 atom stereocenters. The average Bonchev–Trinajstić information content (AvgIpc) is 2.27. The van der Waals surface area contributed by atoms with Crippen molar-refractivity contribution in [3.8, 4) is 0 Å². The minimum absolute atomic E-state index is 0.302. The van der Waals surface area contributed by atoms with Crippen LogP contribution >= 0.6 is 0 Å². The number of hydrogen-bond acceptors (Lipinski definition) is 1. The fourth-order valence-electron chi connectivity index (χ4n) is 2.05. The summed E-state index contributed by atoms with van der Waals surface area (Å²) in [7, 11) is 0. The van der Waals surface area contributed by atoms with Crippen LogP contribution in [0.4, 0.5) is 0 Å². The summed E-state index contributed by atoms with van der Waals surface area (Å²) in [6.07, 6.45) is 3.41. The largest absolute Gasteiger partial charge is 0.396 e. The Morgan fingerprint density at radius 1 is 1.20 bits per heavy atom. The summed E-state index contributed by atoms with van der Waals surface area (Å²) in [5, 5.41) is 9.38. The Bertz CT molecular complexity index is 255. The molecule has 0 saturated heterocycles. The zero-order chi connectivity index (χ0) is 11.1. The summed E-state index contributed by atoms with van der Waals surface area (Å²) in [5.41, 5.74) is 1.33. The van der Waals surface area contributed by atoms with Gasteiger partial charge < -0.3 is 5.11 Å². The van der Waals surface area contributed by atoms with Crippen molar-refractivity contribution in [2.45, 2.75) is 33.1 Å². The molecule has 0 radical (unpaired) electrons. The van der Waals surface area contributed by atoms with E-state index in [0.29, 0.717) is 18.4 Å². The molecule has 0 fully saturated rings. The first-order chi connectivity index (χ1) is 7.27. The van der Waals surface area contributed by atoms with Gasteiger partial charge in [-0.15, -0.1) is 0 Å². The van der Waals surface area contributed by atoms with Crippen molar-refractivity contribution in [3.63, 3.8) is 0 Å². The molecule has 0 heterocycles. The third kappa shape index (κ3) is 4.05. The molecule has 0 bridgehead atoms. The van der Waals surface area contributed by atoms with Crippen LogP contribution in [-0.4, -0.2) is 11.7 Å². The van der Waals surface area contributed by atoms with Crippen molar-refractivity contribution in [1.82, 2.24) is 0 Å². The van der Waals surface area contributed by atoms with Gasteiger partial charge in [0.05, 0.1) is 0 Å². The van der Waals surface area contributed by atoms with E-state index in [0.717, 1.165) is 6.42 Å². The van der Waals surface area contributed by atoms with Gasteiger partial charge in [-0.25, -0.2) is 0 Å². The topological polar surface area (TPSA) is 20.2 Å². The number of aliphatic hydroxyl groups excluding tert-OH is 1. The van der Waals surface area contributed by atoms with Crippen LogP contribution in [0.25, 0.3) is 0 Å². The highest BCUT2D eigenvalue weighted by Gasteiger charge is 2.15. The Balaban J connectivity index is 2.53. The SMILES string of the molecule is CCCC(C)C(CO)Cc1ccccc1. The molecular weight excluding hydrogens is 184 g/mol. The van der Waals surface area contributed by atoms with Gasteiger partial charge in [0, 0.05) is 6.61 Å². The molecule has 1 heteroatoms. The van der Waals surface area contributed by atoms with Crippen LogP contribution in [0.3, 0.4) is 0 Å². The lowest BCUT2D eigenvalue weighted by atomic mass is 9.86. The van der Waals surface area contributed by atoms with Gasteiger partial charge in [-0.05, 0) is 23.8 Å². The fourth-order valence-corrected chi connectivity index (χ4v) is 2.05. The normalized spacial score (nSPS) is 14.9. The van der Waals surface area contributed by atoms with Gasteiger partial charge in [0.15, 0.2) is 0 Å². The predicted molar refractivity (Wildman–Crippen MR) is 64.8 cm³/mol. The molecular formula is C14H22O. The molecule has 0 saturated carbocycles. The highest BCUT2D eigenvalue weighted by molar-refractivity contribution is 5.15. The molecule has 15 heavy (non-hydrogen) atoms. The molecule has 0 aliphatic carbocycles. The molecule has 1 aromatic carbocycles. The lowest BCUT2D eigenvalue weighted by molar-refractivity contribution is 0.176. The van der Waals surface area contributed by atoms with Crippen LogP contribution in [-0.2, 0) is 6.42 Å². The molecule has 0 aliphatic heterocycles. The molecule has 0 aromatic heterocycles. The zero-order valence-corrected chi connectivity index (χ0v) is 9.82. The van der Waals surface area contributed by atoms with Gasteiger partial charge >= 0.3 is 0 Å². The van der Waals surface area contributed by atoms with Crippen LogP contribution in [0.5, 0.6) is 0 Å². The van der Waals surface area contributed by atoms with Gasteiger partial charge in [0.25, 0.3) is 0 Å². The monoisotopic (exact) mass is 206 g/mol. The maximum Gasteiger partial charge on any atom is 0.0464 e. The summed E-state index contributed by atoms with van der Waals surface area (Å²) >= 11 is 0. The second-order valence-electron chi connectivity index (χ2n) is 4.40. The van der Waals surface area contributed by atoms with E-state index < -0.39 is 0 Å². The van der Waals surface area contributed by atoms with E-state index in [-0.39, 0.29) is 0 Å². The minimum Gasteiger partial charge on any atom is -0.396 e. The van der Waals surface area contributed by atoms with E-state index in [1.54, 1.807) is 0 Å². The summed E-state index contributed by atoms with van der Waals surface area (Å²) in [6.45, 7) is 4.75. The predicted octanol–water partition coefficient (Wildman–Crippen LogP) is 3.27. The van der Waals surface area contributed by atoms with E-state index >= 15 is 0 Å². The number of hydrogen-bond donors (Lipinski definition) is 1. The molecule has 1 nitrogen and oxygen atoms in total. The van der Waals surface area contributed by atoms with Crippen LogP contribution < -0.4 is 0 Å². The third-order valence-electron chi connectivity index (χ3n) is 3.12. The van der Waals surface area contributed by atoms with Crippen molar-refractivity contribution in [1.29, 1.82) is 0 Å². The lowest BCUT2D eigenvalue weighted by Gasteiger charge is -2.21. The Morgan fingerprint density at radius 3 is 2.40 bits per heavy atom.